The van der Waals surface area contributed by atoms with Crippen LogP contribution in [0.2, 0.25) is 0 Å². The Kier molecular flexibility index (Phi) is 5.13. The van der Waals surface area contributed by atoms with Crippen LogP contribution in [0.3, 0.4) is 0 Å². The molecule has 0 saturated heterocycles. The first-order valence-electron chi connectivity index (χ1n) is 10.2. The molecule has 1 aliphatic rings. The highest BCUT2D eigenvalue weighted by Crippen LogP contribution is 2.34. The summed E-state index contributed by atoms with van der Waals surface area (Å²) in [5, 5.41) is 13.7. The number of nitrogens with one attached hydrogen (secondary N) is 3. The SMILES string of the molecule is CNC(=O)n1nc(C)c2ccc(Nc3ncc(F)c(Nc4ccc5c(c4)OCCO5)n3)cc21. The number of aryl methyl sites for hydroxylation is 1. The summed E-state index contributed by atoms with van der Waals surface area (Å²) in [6.45, 7) is 2.77. The molecule has 5 rings (SSSR count). The summed E-state index contributed by atoms with van der Waals surface area (Å²) in [5.74, 6) is 0.781. The first-order valence-corrected chi connectivity index (χ1v) is 10.2. The molecule has 0 unspecified atom stereocenters. The average Bonchev–Trinajstić information content (AvgIpc) is 3.16. The molecule has 2 aromatic carbocycles. The largest absolute Gasteiger partial charge is 0.486 e. The van der Waals surface area contributed by atoms with Crippen molar-refractivity contribution in [2.75, 3.05) is 30.9 Å². The van der Waals surface area contributed by atoms with Crippen molar-refractivity contribution in [1.29, 1.82) is 0 Å². The molecule has 3 N–H and O–H groups in total. The minimum atomic E-state index is -0.612. The molecule has 4 aromatic rings. The Labute approximate surface area is 187 Å². The van der Waals surface area contributed by atoms with E-state index in [1.807, 2.05) is 19.1 Å². The van der Waals surface area contributed by atoms with Gasteiger partial charge in [-0.1, -0.05) is 0 Å². The Hall–Kier alpha value is -4.41. The van der Waals surface area contributed by atoms with Gasteiger partial charge < -0.3 is 25.4 Å². The van der Waals surface area contributed by atoms with Crippen molar-refractivity contribution in [3.8, 4) is 11.5 Å². The van der Waals surface area contributed by atoms with Crippen molar-refractivity contribution in [1.82, 2.24) is 25.1 Å². The molecule has 0 radical (unpaired) electrons. The van der Waals surface area contributed by atoms with E-state index < -0.39 is 5.82 Å². The van der Waals surface area contributed by atoms with Crippen LogP contribution in [0.4, 0.5) is 32.3 Å². The zero-order valence-electron chi connectivity index (χ0n) is 17.8. The van der Waals surface area contributed by atoms with Crippen LogP contribution in [0.5, 0.6) is 11.5 Å². The standard InChI is InChI=1S/C22H20FN7O3/c1-12-15-5-3-13(9-17(15)30(29-12)22(31)24-2)27-21-25-11-16(23)20(28-21)26-14-4-6-18-19(10-14)33-8-7-32-18/h3-6,9-11H,7-8H2,1-2H3,(H,24,31)(H2,25,26,27,28). The van der Waals surface area contributed by atoms with E-state index in [4.69, 9.17) is 9.47 Å². The zero-order chi connectivity index (χ0) is 22.9. The summed E-state index contributed by atoms with van der Waals surface area (Å²) in [5.41, 5.74) is 2.55. The number of carbonyl (C=O) groups is 1. The quantitative estimate of drug-likeness (QED) is 0.432. The number of hydrogen-bond donors (Lipinski definition) is 3. The summed E-state index contributed by atoms with van der Waals surface area (Å²) in [4.78, 5) is 20.4. The predicted octanol–water partition coefficient (Wildman–Crippen LogP) is 3.72. The van der Waals surface area contributed by atoms with E-state index in [1.54, 1.807) is 24.3 Å². The summed E-state index contributed by atoms with van der Waals surface area (Å²) in [7, 11) is 1.54. The van der Waals surface area contributed by atoms with E-state index in [0.717, 1.165) is 17.3 Å². The number of benzene rings is 2. The maximum Gasteiger partial charge on any atom is 0.342 e. The summed E-state index contributed by atoms with van der Waals surface area (Å²) < 4.78 is 26.8. The Balaban J connectivity index is 1.41. The third-order valence-electron chi connectivity index (χ3n) is 5.08. The van der Waals surface area contributed by atoms with E-state index in [-0.39, 0.29) is 17.8 Å². The number of hydrogen-bond acceptors (Lipinski definition) is 8. The first kappa shape index (κ1) is 20.5. The van der Waals surface area contributed by atoms with E-state index >= 15 is 0 Å². The smallest absolute Gasteiger partial charge is 0.342 e. The van der Waals surface area contributed by atoms with E-state index in [0.29, 0.717) is 41.6 Å². The van der Waals surface area contributed by atoms with Gasteiger partial charge in [0.05, 0.1) is 17.4 Å². The monoisotopic (exact) mass is 449 g/mol. The maximum absolute atomic E-state index is 14.4. The second-order valence-corrected chi connectivity index (χ2v) is 7.28. The van der Waals surface area contributed by atoms with Crippen LogP contribution in [-0.2, 0) is 0 Å². The van der Waals surface area contributed by atoms with Crippen molar-refractivity contribution >= 4 is 40.1 Å². The molecule has 0 saturated carbocycles. The molecule has 1 aliphatic heterocycles. The van der Waals surface area contributed by atoms with E-state index in [1.165, 1.54) is 11.7 Å². The van der Waals surface area contributed by atoms with Gasteiger partial charge in [0.1, 0.15) is 13.2 Å². The third kappa shape index (κ3) is 3.95. The molecule has 0 bridgehead atoms. The number of ether oxygens (including phenoxy) is 2. The average molecular weight is 449 g/mol. The molecule has 0 spiro atoms. The van der Waals surface area contributed by atoms with Gasteiger partial charge in [0.15, 0.2) is 23.1 Å². The molecule has 11 heteroatoms. The highest BCUT2D eigenvalue weighted by Gasteiger charge is 2.15. The molecule has 10 nitrogen and oxygen atoms in total. The fourth-order valence-electron chi connectivity index (χ4n) is 3.51. The van der Waals surface area contributed by atoms with Crippen LogP contribution in [0.1, 0.15) is 5.69 Å². The van der Waals surface area contributed by atoms with Gasteiger partial charge >= 0.3 is 6.03 Å². The molecule has 3 heterocycles. The molecule has 33 heavy (non-hydrogen) atoms. The highest BCUT2D eigenvalue weighted by molar-refractivity contribution is 5.93. The minimum absolute atomic E-state index is 0.00324. The number of carbonyl (C=O) groups excluding carboxylic acids is 1. The van der Waals surface area contributed by atoms with Gasteiger partial charge in [0.2, 0.25) is 5.95 Å². The number of rotatable bonds is 4. The summed E-state index contributed by atoms with van der Waals surface area (Å²) in [6, 6.07) is 10.3. The Morgan fingerprint density at radius 3 is 2.64 bits per heavy atom. The number of aromatic nitrogens is 4. The van der Waals surface area contributed by atoms with Crippen LogP contribution < -0.4 is 25.4 Å². The van der Waals surface area contributed by atoms with Crippen LogP contribution in [0.25, 0.3) is 10.9 Å². The van der Waals surface area contributed by atoms with Crippen molar-refractivity contribution in [2.24, 2.45) is 0 Å². The number of halogens is 1. The Morgan fingerprint density at radius 2 is 1.82 bits per heavy atom. The highest BCUT2D eigenvalue weighted by atomic mass is 19.1. The summed E-state index contributed by atoms with van der Waals surface area (Å²) in [6.07, 6.45) is 1.08. The Morgan fingerprint density at radius 1 is 1.06 bits per heavy atom. The van der Waals surface area contributed by atoms with E-state index in [2.05, 4.69) is 31.0 Å². The lowest BCUT2D eigenvalue weighted by Crippen LogP contribution is -2.25. The van der Waals surface area contributed by atoms with Crippen LogP contribution in [-0.4, -0.2) is 46.0 Å². The molecule has 168 valence electrons. The van der Waals surface area contributed by atoms with E-state index in [9.17, 15) is 9.18 Å². The molecule has 0 aliphatic carbocycles. The van der Waals surface area contributed by atoms with Crippen LogP contribution in [0, 0.1) is 12.7 Å². The number of anilines is 4. The van der Waals surface area contributed by atoms with Crippen LogP contribution >= 0.6 is 0 Å². The lowest BCUT2D eigenvalue weighted by molar-refractivity contribution is 0.171. The van der Waals surface area contributed by atoms with Crippen molar-refractivity contribution in [3.05, 3.63) is 54.1 Å². The normalized spacial score (nSPS) is 12.5. The molecular weight excluding hydrogens is 429 g/mol. The lowest BCUT2D eigenvalue weighted by atomic mass is 10.2. The summed E-state index contributed by atoms with van der Waals surface area (Å²) >= 11 is 0. The second-order valence-electron chi connectivity index (χ2n) is 7.28. The van der Waals surface area contributed by atoms with Gasteiger partial charge in [0, 0.05) is 29.9 Å². The number of amides is 1. The van der Waals surface area contributed by atoms with Crippen LogP contribution in [0.15, 0.2) is 42.6 Å². The molecule has 2 aromatic heterocycles. The van der Waals surface area contributed by atoms with Crippen molar-refractivity contribution < 1.29 is 18.7 Å². The zero-order valence-corrected chi connectivity index (χ0v) is 17.8. The topological polar surface area (TPSA) is 115 Å². The Bertz CT molecular complexity index is 1370. The fourth-order valence-corrected chi connectivity index (χ4v) is 3.51. The maximum atomic E-state index is 14.4. The first-order chi connectivity index (χ1) is 16.0. The van der Waals surface area contributed by atoms with Gasteiger partial charge in [-0.05, 0) is 37.3 Å². The lowest BCUT2D eigenvalue weighted by Gasteiger charge is -2.19. The molecular formula is C22H20FN7O3. The van der Waals surface area contributed by atoms with Crippen molar-refractivity contribution in [2.45, 2.75) is 6.92 Å². The number of nitrogens with zero attached hydrogens (tertiary/aromatic N) is 4. The van der Waals surface area contributed by atoms with Gasteiger partial charge in [0.25, 0.3) is 0 Å². The van der Waals surface area contributed by atoms with Gasteiger partial charge in [-0.3, -0.25) is 0 Å². The fraction of sp³-hybridized carbons (Fsp3) is 0.182. The van der Waals surface area contributed by atoms with Crippen molar-refractivity contribution in [3.63, 3.8) is 0 Å². The minimum Gasteiger partial charge on any atom is -0.486 e. The predicted molar refractivity (Wildman–Crippen MR) is 120 cm³/mol. The van der Waals surface area contributed by atoms with Gasteiger partial charge in [-0.25, -0.2) is 14.2 Å². The van der Waals surface area contributed by atoms with Gasteiger partial charge in [-0.15, -0.1) is 0 Å². The molecule has 0 fully saturated rings. The molecule has 0 atom stereocenters. The van der Waals surface area contributed by atoms with Gasteiger partial charge in [-0.2, -0.15) is 14.8 Å². The molecule has 1 amide bonds. The third-order valence-corrected chi connectivity index (χ3v) is 5.08. The second kappa shape index (κ2) is 8.26. The number of fused-ring (bicyclic) bond motifs is 2.